The minimum absolute atomic E-state index is 0.00380. The van der Waals surface area contributed by atoms with Crippen molar-refractivity contribution < 1.29 is 19.2 Å². The van der Waals surface area contributed by atoms with Gasteiger partial charge in [-0.3, -0.25) is 19.7 Å². The molecule has 5 rings (SSSR count). The first-order chi connectivity index (χ1) is 15.8. The number of rotatable bonds is 6. The second kappa shape index (κ2) is 8.28. The van der Waals surface area contributed by atoms with Crippen LogP contribution in [0.25, 0.3) is 0 Å². The summed E-state index contributed by atoms with van der Waals surface area (Å²) in [7, 11) is 0. The molecule has 2 amide bonds. The minimum atomic E-state index is -0.620. The first-order valence-corrected chi connectivity index (χ1v) is 11.0. The second-order valence-electron chi connectivity index (χ2n) is 8.22. The highest BCUT2D eigenvalue weighted by Crippen LogP contribution is 2.52. The van der Waals surface area contributed by atoms with Crippen molar-refractivity contribution in [1.82, 2.24) is 5.01 Å². The number of hydrogen-bond donors (Lipinski definition) is 0. The normalized spacial score (nSPS) is 25.3. The lowest BCUT2D eigenvalue weighted by molar-refractivity contribution is -0.385. The number of fused-ring (bicyclic) bond motifs is 5. The van der Waals surface area contributed by atoms with Crippen LogP contribution in [0.3, 0.4) is 0 Å². The van der Waals surface area contributed by atoms with Crippen molar-refractivity contribution in [2.24, 2.45) is 28.8 Å². The van der Waals surface area contributed by atoms with E-state index in [-0.39, 0.29) is 64.1 Å². The highest BCUT2D eigenvalue weighted by Gasteiger charge is 2.59. The maximum Gasteiger partial charge on any atom is 0.313 e. The second-order valence-corrected chi connectivity index (χ2v) is 9.04. The average molecular weight is 486 g/mol. The predicted molar refractivity (Wildman–Crippen MR) is 121 cm³/mol. The van der Waals surface area contributed by atoms with Crippen LogP contribution in [0.4, 0.5) is 5.69 Å². The van der Waals surface area contributed by atoms with Crippen LogP contribution in [-0.2, 0) is 16.2 Å². The molecule has 4 atom stereocenters. The Morgan fingerprint density at radius 3 is 2.39 bits per heavy atom. The summed E-state index contributed by atoms with van der Waals surface area (Å²) in [5.41, 5.74) is 0.542. The van der Waals surface area contributed by atoms with Crippen LogP contribution in [0.2, 0.25) is 10.0 Å². The van der Waals surface area contributed by atoms with Crippen molar-refractivity contribution in [3.8, 4) is 5.75 Å². The molecular formula is C23H17Cl2N3O5. The van der Waals surface area contributed by atoms with Gasteiger partial charge in [-0.1, -0.05) is 53.6 Å². The van der Waals surface area contributed by atoms with Crippen molar-refractivity contribution in [2.45, 2.75) is 13.0 Å². The highest BCUT2D eigenvalue weighted by atomic mass is 35.5. The topological polar surface area (TPSA) is 102 Å². The molecule has 2 fully saturated rings. The summed E-state index contributed by atoms with van der Waals surface area (Å²) in [6, 6.07) is 9.62. The van der Waals surface area contributed by atoms with Crippen LogP contribution < -0.4 is 4.74 Å². The lowest BCUT2D eigenvalue weighted by Gasteiger charge is -2.13. The van der Waals surface area contributed by atoms with Gasteiger partial charge in [-0.2, -0.15) is 10.1 Å². The maximum atomic E-state index is 12.7. The van der Waals surface area contributed by atoms with E-state index < -0.39 is 4.92 Å². The van der Waals surface area contributed by atoms with Gasteiger partial charge >= 0.3 is 5.69 Å². The summed E-state index contributed by atoms with van der Waals surface area (Å²) in [6.07, 6.45) is 6.04. The quantitative estimate of drug-likeness (QED) is 0.195. The predicted octanol–water partition coefficient (Wildman–Crippen LogP) is 4.62. The molecule has 2 aromatic rings. The smallest absolute Gasteiger partial charge is 0.313 e. The molecule has 0 radical (unpaired) electrons. The molecule has 1 heterocycles. The molecule has 0 N–H and O–H groups in total. The van der Waals surface area contributed by atoms with Crippen LogP contribution in [0, 0.1) is 33.8 Å². The number of hydrogen-bond acceptors (Lipinski definition) is 6. The molecule has 2 aromatic carbocycles. The number of ether oxygens (including phenoxy) is 1. The zero-order chi connectivity index (χ0) is 23.3. The van der Waals surface area contributed by atoms with Gasteiger partial charge in [0.15, 0.2) is 0 Å². The van der Waals surface area contributed by atoms with Crippen LogP contribution in [0.5, 0.6) is 5.75 Å². The molecule has 1 aliphatic heterocycles. The van der Waals surface area contributed by atoms with E-state index in [1.165, 1.54) is 18.3 Å². The van der Waals surface area contributed by atoms with E-state index in [0.29, 0.717) is 10.6 Å². The molecule has 2 bridgehead atoms. The molecule has 10 heteroatoms. The number of nitrogens with zero attached hydrogens (tertiary/aromatic N) is 3. The van der Waals surface area contributed by atoms with Gasteiger partial charge in [0.25, 0.3) is 11.8 Å². The van der Waals surface area contributed by atoms with Gasteiger partial charge in [0, 0.05) is 22.2 Å². The largest absolute Gasteiger partial charge is 0.481 e. The Bertz CT molecular complexity index is 1210. The number of carbonyl (C=O) groups excluding carboxylic acids is 2. The van der Waals surface area contributed by atoms with Gasteiger partial charge in [-0.25, -0.2) is 0 Å². The summed E-state index contributed by atoms with van der Waals surface area (Å²) in [5, 5.41) is 17.0. The highest BCUT2D eigenvalue weighted by molar-refractivity contribution is 6.33. The first kappa shape index (κ1) is 21.6. The zero-order valence-corrected chi connectivity index (χ0v) is 18.6. The number of benzene rings is 2. The fraction of sp³-hybridized carbons (Fsp3) is 0.261. The Balaban J connectivity index is 1.38. The average Bonchev–Trinajstić information content (AvgIpc) is 3.46. The van der Waals surface area contributed by atoms with E-state index in [1.54, 1.807) is 24.3 Å². The first-order valence-electron chi connectivity index (χ1n) is 10.3. The van der Waals surface area contributed by atoms with Gasteiger partial charge in [0.1, 0.15) is 6.61 Å². The van der Waals surface area contributed by atoms with Crippen LogP contribution in [0.1, 0.15) is 17.5 Å². The van der Waals surface area contributed by atoms with Gasteiger partial charge in [0.05, 0.1) is 28.0 Å². The standard InChI is InChI=1S/C23H17Cl2N3O5/c24-16-4-2-1-3-15(16)11-33-21-17(25)7-12(8-18(21)28(31)32)10-26-27-22(29)19-13-5-6-14(9-13)20(19)23(27)30/h1-8,10,13-14,19-20H,9,11H2. The summed E-state index contributed by atoms with van der Waals surface area (Å²) < 4.78 is 5.62. The third-order valence-corrected chi connectivity index (χ3v) is 6.99. The van der Waals surface area contributed by atoms with E-state index in [4.69, 9.17) is 27.9 Å². The molecule has 4 unspecified atom stereocenters. The van der Waals surface area contributed by atoms with Crippen molar-refractivity contribution >= 4 is 46.9 Å². The van der Waals surface area contributed by atoms with Crippen LogP contribution in [0.15, 0.2) is 53.7 Å². The number of nitro groups is 1. The van der Waals surface area contributed by atoms with Crippen LogP contribution in [-0.4, -0.2) is 28.0 Å². The van der Waals surface area contributed by atoms with Crippen molar-refractivity contribution in [3.05, 3.63) is 79.8 Å². The Morgan fingerprint density at radius 2 is 1.76 bits per heavy atom. The molecule has 168 valence electrons. The SMILES string of the molecule is O=C1C2C3C=CC(C3)C2C(=O)N1N=Cc1cc(Cl)c(OCc2ccccc2Cl)c([N+](=O)[O-])c1. The molecule has 1 saturated carbocycles. The van der Waals surface area contributed by atoms with Gasteiger partial charge < -0.3 is 4.74 Å². The summed E-state index contributed by atoms with van der Waals surface area (Å²) in [4.78, 5) is 36.5. The lowest BCUT2D eigenvalue weighted by Crippen LogP contribution is -2.28. The summed E-state index contributed by atoms with van der Waals surface area (Å²) >= 11 is 12.4. The lowest BCUT2D eigenvalue weighted by atomic mass is 9.85. The Labute approximate surface area is 198 Å². The van der Waals surface area contributed by atoms with Crippen molar-refractivity contribution in [3.63, 3.8) is 0 Å². The molecule has 33 heavy (non-hydrogen) atoms. The number of carbonyl (C=O) groups is 2. The number of imide groups is 1. The van der Waals surface area contributed by atoms with Gasteiger partial charge in [-0.05, 0) is 30.4 Å². The molecule has 3 aliphatic rings. The van der Waals surface area contributed by atoms with Crippen LogP contribution >= 0.6 is 23.2 Å². The zero-order valence-electron chi connectivity index (χ0n) is 17.1. The number of amides is 2. The summed E-state index contributed by atoms with van der Waals surface area (Å²) in [6.45, 7) is -0.0103. The number of allylic oxidation sites excluding steroid dienone is 2. The number of hydrazone groups is 1. The molecule has 8 nitrogen and oxygen atoms in total. The Kier molecular flexibility index (Phi) is 5.42. The van der Waals surface area contributed by atoms with Crippen molar-refractivity contribution in [1.29, 1.82) is 0 Å². The number of halogens is 2. The monoisotopic (exact) mass is 485 g/mol. The minimum Gasteiger partial charge on any atom is -0.481 e. The van der Waals surface area contributed by atoms with Gasteiger partial charge in [-0.15, -0.1) is 0 Å². The van der Waals surface area contributed by atoms with Gasteiger partial charge in [0.2, 0.25) is 5.75 Å². The van der Waals surface area contributed by atoms with E-state index >= 15 is 0 Å². The van der Waals surface area contributed by atoms with Crippen molar-refractivity contribution in [2.75, 3.05) is 0 Å². The molecule has 0 aromatic heterocycles. The third kappa shape index (κ3) is 3.69. The van der Waals surface area contributed by atoms with E-state index in [9.17, 15) is 19.7 Å². The summed E-state index contributed by atoms with van der Waals surface area (Å²) in [5.74, 6) is -1.38. The number of nitro benzene ring substituents is 1. The van der Waals surface area contributed by atoms with E-state index in [0.717, 1.165) is 11.4 Å². The fourth-order valence-corrected chi connectivity index (χ4v) is 5.31. The van der Waals surface area contributed by atoms with E-state index in [1.807, 2.05) is 12.2 Å². The molecular weight excluding hydrogens is 469 g/mol. The Hall–Kier alpha value is -3.23. The van der Waals surface area contributed by atoms with E-state index in [2.05, 4.69) is 5.10 Å². The third-order valence-electron chi connectivity index (χ3n) is 6.34. The molecule has 2 aliphatic carbocycles. The fourth-order valence-electron chi connectivity index (χ4n) is 4.84. The Morgan fingerprint density at radius 1 is 1.09 bits per heavy atom. The maximum absolute atomic E-state index is 12.7. The molecule has 1 saturated heterocycles. The molecule has 0 spiro atoms.